The molecule has 0 spiro atoms. The zero-order chi connectivity index (χ0) is 22.6. The molecule has 0 saturated carbocycles. The predicted octanol–water partition coefficient (Wildman–Crippen LogP) is 5.29. The van der Waals surface area contributed by atoms with Crippen molar-refractivity contribution in [2.24, 2.45) is 0 Å². The molecule has 0 heterocycles. The van der Waals surface area contributed by atoms with E-state index in [2.05, 4.69) is 10.0 Å². The van der Waals surface area contributed by atoms with Crippen molar-refractivity contribution in [3.8, 4) is 0 Å². The van der Waals surface area contributed by atoms with E-state index in [0.29, 0.717) is 16.8 Å². The van der Waals surface area contributed by atoms with Gasteiger partial charge in [0.15, 0.2) is 0 Å². The van der Waals surface area contributed by atoms with Crippen LogP contribution in [0.25, 0.3) is 0 Å². The van der Waals surface area contributed by atoms with Crippen molar-refractivity contribution in [3.05, 3.63) is 94.5 Å². The van der Waals surface area contributed by atoms with Crippen LogP contribution in [0.1, 0.15) is 52.0 Å². The first-order chi connectivity index (χ1) is 14.7. The fraction of sp³-hybridized carbons (Fsp3) is 0.240. The molecule has 1 atom stereocenters. The molecule has 0 saturated heterocycles. The predicted molar refractivity (Wildman–Crippen MR) is 125 cm³/mol. The largest absolute Gasteiger partial charge is 0.345 e. The average molecular weight is 437 g/mol. The number of benzene rings is 3. The smallest absolute Gasteiger partial charge is 0.262 e. The summed E-state index contributed by atoms with van der Waals surface area (Å²) in [6.07, 6.45) is 0.723. The van der Waals surface area contributed by atoms with Crippen LogP contribution in [-0.4, -0.2) is 14.3 Å². The minimum absolute atomic E-state index is 0.0915. The van der Waals surface area contributed by atoms with Crippen LogP contribution >= 0.6 is 0 Å². The fourth-order valence-corrected chi connectivity index (χ4v) is 4.83. The third-order valence-electron chi connectivity index (χ3n) is 5.50. The van der Waals surface area contributed by atoms with Gasteiger partial charge >= 0.3 is 0 Å². The summed E-state index contributed by atoms with van der Waals surface area (Å²) in [5.41, 5.74) is 4.29. The maximum absolute atomic E-state index is 13.1. The molecule has 6 heteroatoms. The number of sulfonamides is 1. The summed E-state index contributed by atoms with van der Waals surface area (Å²) in [5.74, 6) is -0.307. The van der Waals surface area contributed by atoms with E-state index < -0.39 is 10.0 Å². The van der Waals surface area contributed by atoms with Crippen molar-refractivity contribution in [1.29, 1.82) is 0 Å². The van der Waals surface area contributed by atoms with Gasteiger partial charge in [-0.15, -0.1) is 0 Å². The van der Waals surface area contributed by atoms with Crippen molar-refractivity contribution in [2.45, 2.75) is 45.1 Å². The number of hydrogen-bond acceptors (Lipinski definition) is 3. The van der Waals surface area contributed by atoms with Crippen molar-refractivity contribution in [3.63, 3.8) is 0 Å². The molecule has 0 bridgehead atoms. The topological polar surface area (TPSA) is 75.3 Å². The van der Waals surface area contributed by atoms with Gasteiger partial charge in [-0.05, 0) is 67.6 Å². The SMILES string of the molecule is CCC(NC(=O)c1ccc(C)c(S(=O)(=O)Nc2cccc(C)c2C)c1)c1ccccc1. The minimum atomic E-state index is -3.86. The van der Waals surface area contributed by atoms with E-state index >= 15 is 0 Å². The number of aryl methyl sites for hydroxylation is 2. The van der Waals surface area contributed by atoms with Crippen molar-refractivity contribution in [1.82, 2.24) is 5.32 Å². The Morgan fingerprint density at radius 1 is 0.903 bits per heavy atom. The molecule has 3 aromatic carbocycles. The summed E-state index contributed by atoms with van der Waals surface area (Å²) in [7, 11) is -3.86. The van der Waals surface area contributed by atoms with Gasteiger partial charge in [0.2, 0.25) is 0 Å². The Morgan fingerprint density at radius 3 is 2.29 bits per heavy atom. The molecule has 31 heavy (non-hydrogen) atoms. The van der Waals surface area contributed by atoms with E-state index in [1.54, 1.807) is 25.1 Å². The van der Waals surface area contributed by atoms with Gasteiger partial charge in [-0.25, -0.2) is 8.42 Å². The van der Waals surface area contributed by atoms with Crippen LogP contribution in [0.5, 0.6) is 0 Å². The lowest BCUT2D eigenvalue weighted by Gasteiger charge is -2.18. The molecule has 1 unspecified atom stereocenters. The highest BCUT2D eigenvalue weighted by molar-refractivity contribution is 7.92. The Labute approximate surface area is 184 Å². The van der Waals surface area contributed by atoms with Gasteiger partial charge in [-0.1, -0.05) is 55.5 Å². The van der Waals surface area contributed by atoms with Crippen molar-refractivity contribution in [2.75, 3.05) is 4.72 Å². The van der Waals surface area contributed by atoms with Gasteiger partial charge in [0.25, 0.3) is 15.9 Å². The first-order valence-electron chi connectivity index (χ1n) is 10.3. The van der Waals surface area contributed by atoms with Crippen molar-refractivity contribution < 1.29 is 13.2 Å². The zero-order valence-electron chi connectivity index (χ0n) is 18.3. The van der Waals surface area contributed by atoms with Crippen molar-refractivity contribution >= 4 is 21.6 Å². The first kappa shape index (κ1) is 22.6. The Kier molecular flexibility index (Phi) is 6.81. The standard InChI is InChI=1S/C25H28N2O3S/c1-5-22(20-11-7-6-8-12-20)26-25(28)21-15-14-18(3)24(16-21)31(29,30)27-23-13-9-10-17(2)19(23)4/h6-16,22,27H,5H2,1-4H3,(H,26,28). The third kappa shape index (κ3) is 5.14. The van der Waals surface area contributed by atoms with E-state index in [1.165, 1.54) is 6.07 Å². The van der Waals surface area contributed by atoms with E-state index in [4.69, 9.17) is 0 Å². The number of carbonyl (C=O) groups excluding carboxylic acids is 1. The van der Waals surface area contributed by atoms with Crippen LogP contribution in [0.2, 0.25) is 0 Å². The Morgan fingerprint density at radius 2 is 1.61 bits per heavy atom. The monoisotopic (exact) mass is 436 g/mol. The quantitative estimate of drug-likeness (QED) is 0.528. The molecule has 2 N–H and O–H groups in total. The second-order valence-electron chi connectivity index (χ2n) is 7.68. The van der Waals surface area contributed by atoms with E-state index in [9.17, 15) is 13.2 Å². The maximum atomic E-state index is 13.1. The van der Waals surface area contributed by atoms with Crippen LogP contribution in [0.4, 0.5) is 5.69 Å². The van der Waals surface area contributed by atoms with Gasteiger partial charge in [0.1, 0.15) is 0 Å². The zero-order valence-corrected chi connectivity index (χ0v) is 19.1. The second-order valence-corrected chi connectivity index (χ2v) is 9.33. The molecule has 0 fully saturated rings. The number of nitrogens with one attached hydrogen (secondary N) is 2. The van der Waals surface area contributed by atoms with Gasteiger partial charge in [0, 0.05) is 5.56 Å². The lowest BCUT2D eigenvalue weighted by atomic mass is 10.0. The molecule has 0 aromatic heterocycles. The van der Waals surface area contributed by atoms with Gasteiger partial charge < -0.3 is 5.32 Å². The lowest BCUT2D eigenvalue weighted by Crippen LogP contribution is -2.28. The summed E-state index contributed by atoms with van der Waals surface area (Å²) in [5, 5.41) is 3.01. The first-order valence-corrected chi connectivity index (χ1v) is 11.8. The number of carbonyl (C=O) groups is 1. The highest BCUT2D eigenvalue weighted by atomic mass is 32.2. The molecular weight excluding hydrogens is 408 g/mol. The molecular formula is C25H28N2O3S. The van der Waals surface area contributed by atoms with Gasteiger partial charge in [0.05, 0.1) is 16.6 Å². The third-order valence-corrected chi connectivity index (χ3v) is 7.01. The number of anilines is 1. The molecule has 3 aromatic rings. The van der Waals surface area contributed by atoms with E-state index in [1.807, 2.05) is 63.2 Å². The summed E-state index contributed by atoms with van der Waals surface area (Å²) >= 11 is 0. The molecule has 0 aliphatic carbocycles. The van der Waals surface area contributed by atoms with Crippen LogP contribution < -0.4 is 10.0 Å². The van der Waals surface area contributed by atoms with E-state index in [0.717, 1.165) is 23.1 Å². The Bertz CT molecular complexity index is 1190. The van der Waals surface area contributed by atoms with Gasteiger partial charge in [-0.2, -0.15) is 0 Å². The maximum Gasteiger partial charge on any atom is 0.262 e. The number of amides is 1. The molecule has 0 aliphatic heterocycles. The number of hydrogen-bond donors (Lipinski definition) is 2. The molecule has 5 nitrogen and oxygen atoms in total. The molecule has 1 amide bonds. The Balaban J connectivity index is 1.88. The summed E-state index contributed by atoms with van der Waals surface area (Å²) in [6, 6.07) is 19.8. The lowest BCUT2D eigenvalue weighted by molar-refractivity contribution is 0.0935. The highest BCUT2D eigenvalue weighted by Gasteiger charge is 2.21. The molecule has 0 aliphatic rings. The Hall–Kier alpha value is -3.12. The van der Waals surface area contributed by atoms with Crippen LogP contribution in [0.3, 0.4) is 0 Å². The minimum Gasteiger partial charge on any atom is -0.345 e. The fourth-order valence-electron chi connectivity index (χ4n) is 3.44. The molecule has 162 valence electrons. The molecule has 0 radical (unpaired) electrons. The van der Waals surface area contributed by atoms with E-state index in [-0.39, 0.29) is 16.8 Å². The summed E-state index contributed by atoms with van der Waals surface area (Å²) in [4.78, 5) is 13.0. The highest BCUT2D eigenvalue weighted by Crippen LogP contribution is 2.25. The van der Waals surface area contributed by atoms with Gasteiger partial charge in [-0.3, -0.25) is 9.52 Å². The van der Waals surface area contributed by atoms with Crippen LogP contribution in [-0.2, 0) is 10.0 Å². The van der Waals surface area contributed by atoms with Crippen LogP contribution in [0, 0.1) is 20.8 Å². The molecule has 3 rings (SSSR count). The second kappa shape index (κ2) is 9.35. The number of rotatable bonds is 7. The average Bonchev–Trinajstić information content (AvgIpc) is 2.75. The summed E-state index contributed by atoms with van der Waals surface area (Å²) in [6.45, 7) is 7.52. The van der Waals surface area contributed by atoms with Crippen LogP contribution in [0.15, 0.2) is 71.6 Å². The normalized spacial score (nSPS) is 12.3. The summed E-state index contributed by atoms with van der Waals surface area (Å²) < 4.78 is 28.9.